The first-order valence-electron chi connectivity index (χ1n) is 6.33. The Morgan fingerprint density at radius 3 is 2.41 bits per heavy atom. The third-order valence-corrected chi connectivity index (χ3v) is 3.16. The summed E-state index contributed by atoms with van der Waals surface area (Å²) >= 11 is 0. The quantitative estimate of drug-likeness (QED) is 0.667. The number of carbonyl (C=O) groups is 1. The van der Waals surface area contributed by atoms with E-state index in [0.29, 0.717) is 12.1 Å². The molecule has 22 heavy (non-hydrogen) atoms. The summed E-state index contributed by atoms with van der Waals surface area (Å²) in [5.41, 5.74) is -2.40. The maximum Gasteiger partial charge on any atom is 0.416 e. The van der Waals surface area contributed by atoms with Gasteiger partial charge in [-0.25, -0.2) is 0 Å². The summed E-state index contributed by atoms with van der Waals surface area (Å²) in [6.07, 6.45) is -4.77. The largest absolute Gasteiger partial charge is 0.416 e. The summed E-state index contributed by atoms with van der Waals surface area (Å²) in [7, 11) is 3.57. The molecule has 0 heterocycles. The lowest BCUT2D eigenvalue weighted by Gasteiger charge is -2.20. The van der Waals surface area contributed by atoms with Gasteiger partial charge in [-0.3, -0.25) is 14.9 Å². The Hall–Kier alpha value is -2.16. The summed E-state index contributed by atoms with van der Waals surface area (Å²) in [6, 6.07) is 1.79. The van der Waals surface area contributed by atoms with Gasteiger partial charge in [-0.1, -0.05) is 0 Å². The Balaban J connectivity index is 3.05. The molecule has 122 valence electrons. The van der Waals surface area contributed by atoms with E-state index in [2.05, 4.69) is 5.32 Å². The highest BCUT2D eigenvalue weighted by atomic mass is 19.4. The van der Waals surface area contributed by atoms with Crippen LogP contribution in [0.5, 0.6) is 0 Å². The van der Waals surface area contributed by atoms with Gasteiger partial charge in [0, 0.05) is 30.3 Å². The van der Waals surface area contributed by atoms with Crippen LogP contribution in [0.4, 0.5) is 18.9 Å². The number of alkyl halides is 3. The molecule has 6 nitrogen and oxygen atoms in total. The van der Waals surface area contributed by atoms with Gasteiger partial charge in [0.05, 0.1) is 10.5 Å². The molecule has 0 aliphatic rings. The molecule has 0 spiro atoms. The van der Waals surface area contributed by atoms with Gasteiger partial charge < -0.3 is 10.2 Å². The van der Waals surface area contributed by atoms with Crippen molar-refractivity contribution in [3.8, 4) is 0 Å². The van der Waals surface area contributed by atoms with Gasteiger partial charge in [0.15, 0.2) is 0 Å². The molecule has 0 fully saturated rings. The van der Waals surface area contributed by atoms with E-state index in [1.165, 1.54) is 0 Å². The van der Waals surface area contributed by atoms with Crippen LogP contribution in [0.25, 0.3) is 0 Å². The number of hydrogen-bond acceptors (Lipinski definition) is 4. The van der Waals surface area contributed by atoms with Crippen LogP contribution >= 0.6 is 0 Å². The lowest BCUT2D eigenvalue weighted by atomic mass is 10.1. The number of amides is 1. The molecule has 9 heteroatoms. The van der Waals surface area contributed by atoms with E-state index in [1.54, 1.807) is 14.1 Å². The van der Waals surface area contributed by atoms with Crippen LogP contribution in [0.15, 0.2) is 18.2 Å². The maximum atomic E-state index is 12.7. The molecule has 1 rings (SSSR count). The topological polar surface area (TPSA) is 75.5 Å². The highest BCUT2D eigenvalue weighted by molar-refractivity contribution is 5.95. The van der Waals surface area contributed by atoms with Gasteiger partial charge in [-0.15, -0.1) is 0 Å². The predicted octanol–water partition coefficient (Wildman–Crippen LogP) is 2.29. The number of nitrogens with zero attached hydrogens (tertiary/aromatic N) is 2. The summed E-state index contributed by atoms with van der Waals surface area (Å²) in [5.74, 6) is -0.789. The van der Waals surface area contributed by atoms with Gasteiger partial charge in [-0.2, -0.15) is 13.2 Å². The minimum absolute atomic E-state index is 0.0373. The Kier molecular flexibility index (Phi) is 5.48. The van der Waals surface area contributed by atoms with Crippen molar-refractivity contribution in [3.05, 3.63) is 39.4 Å². The molecular formula is C13H16F3N3O3. The minimum Gasteiger partial charge on any atom is -0.350 e. The van der Waals surface area contributed by atoms with Crippen molar-refractivity contribution in [2.75, 3.05) is 20.6 Å². The van der Waals surface area contributed by atoms with Crippen LogP contribution in [0, 0.1) is 10.1 Å². The SMILES string of the molecule is C[C@H](CNC(=O)c1cc([N+](=O)[O-])cc(C(F)(F)F)c1)N(C)C. The first-order valence-corrected chi connectivity index (χ1v) is 6.33. The molecule has 0 saturated heterocycles. The monoisotopic (exact) mass is 319 g/mol. The number of benzene rings is 1. The van der Waals surface area contributed by atoms with Crippen molar-refractivity contribution >= 4 is 11.6 Å². The number of nitro groups is 1. The smallest absolute Gasteiger partial charge is 0.350 e. The molecule has 1 amide bonds. The van der Waals surface area contributed by atoms with Crippen molar-refractivity contribution < 1.29 is 22.9 Å². The molecule has 1 N–H and O–H groups in total. The van der Waals surface area contributed by atoms with E-state index < -0.39 is 33.8 Å². The molecule has 0 bridgehead atoms. The summed E-state index contributed by atoms with van der Waals surface area (Å²) in [6.45, 7) is 2.02. The van der Waals surface area contributed by atoms with Gasteiger partial charge in [-0.05, 0) is 27.1 Å². The molecule has 0 saturated carbocycles. The van der Waals surface area contributed by atoms with Crippen LogP contribution in [0.1, 0.15) is 22.8 Å². The first-order chi connectivity index (χ1) is 10.0. The molecule has 1 atom stereocenters. The van der Waals surface area contributed by atoms with Gasteiger partial charge in [0.25, 0.3) is 11.6 Å². The number of hydrogen-bond donors (Lipinski definition) is 1. The molecule has 0 unspecified atom stereocenters. The zero-order chi connectivity index (χ0) is 17.1. The summed E-state index contributed by atoms with van der Waals surface area (Å²) in [4.78, 5) is 23.5. The number of non-ortho nitro benzene ring substituents is 1. The van der Waals surface area contributed by atoms with Crippen LogP contribution in [-0.2, 0) is 6.18 Å². The second-order valence-electron chi connectivity index (χ2n) is 5.05. The van der Waals surface area contributed by atoms with E-state index in [1.807, 2.05) is 11.8 Å². The lowest BCUT2D eigenvalue weighted by molar-refractivity contribution is -0.385. The Labute approximate surface area is 125 Å². The van der Waals surface area contributed by atoms with Crippen LogP contribution in [0.2, 0.25) is 0 Å². The Morgan fingerprint density at radius 1 is 1.36 bits per heavy atom. The number of nitrogens with one attached hydrogen (secondary N) is 1. The third-order valence-electron chi connectivity index (χ3n) is 3.16. The number of rotatable bonds is 5. The van der Waals surface area contributed by atoms with Crippen molar-refractivity contribution in [2.45, 2.75) is 19.1 Å². The fourth-order valence-corrected chi connectivity index (χ4v) is 1.54. The van der Waals surface area contributed by atoms with E-state index in [9.17, 15) is 28.1 Å². The molecular weight excluding hydrogens is 303 g/mol. The average molecular weight is 319 g/mol. The standard InChI is InChI=1S/C13H16F3N3O3/c1-8(18(2)3)7-17-12(20)9-4-10(13(14,15)16)6-11(5-9)19(21)22/h4-6,8H,7H2,1-3H3,(H,17,20)/t8-/m1/s1. The molecule has 0 aromatic heterocycles. The highest BCUT2D eigenvalue weighted by Gasteiger charge is 2.33. The summed E-state index contributed by atoms with van der Waals surface area (Å²) < 4.78 is 38.2. The number of likely N-dealkylation sites (N-methyl/N-ethyl adjacent to an activating group) is 1. The molecule has 1 aromatic rings. The van der Waals surface area contributed by atoms with Crippen LogP contribution < -0.4 is 5.32 Å². The normalized spacial score (nSPS) is 13.0. The van der Waals surface area contributed by atoms with Crippen LogP contribution in [-0.4, -0.2) is 42.4 Å². The number of carbonyl (C=O) groups excluding carboxylic acids is 1. The molecule has 0 radical (unpaired) electrons. The zero-order valence-electron chi connectivity index (χ0n) is 12.3. The first kappa shape index (κ1) is 17.9. The van der Waals surface area contributed by atoms with E-state index >= 15 is 0 Å². The summed E-state index contributed by atoms with van der Waals surface area (Å²) in [5, 5.41) is 13.2. The second-order valence-corrected chi connectivity index (χ2v) is 5.05. The third kappa shape index (κ3) is 4.69. The molecule has 0 aliphatic heterocycles. The van der Waals surface area contributed by atoms with Crippen molar-refractivity contribution in [1.82, 2.24) is 10.2 Å². The Bertz CT molecular complexity index is 573. The maximum absolute atomic E-state index is 12.7. The fraction of sp³-hybridized carbons (Fsp3) is 0.462. The van der Waals surface area contributed by atoms with Crippen LogP contribution in [0.3, 0.4) is 0 Å². The van der Waals surface area contributed by atoms with E-state index in [0.717, 1.165) is 6.07 Å². The van der Waals surface area contributed by atoms with Gasteiger partial charge >= 0.3 is 6.18 Å². The second kappa shape index (κ2) is 6.73. The van der Waals surface area contributed by atoms with Gasteiger partial charge in [0.2, 0.25) is 0 Å². The Morgan fingerprint density at radius 2 is 1.95 bits per heavy atom. The number of halogens is 3. The number of nitro benzene ring substituents is 1. The predicted molar refractivity (Wildman–Crippen MR) is 73.6 cm³/mol. The van der Waals surface area contributed by atoms with E-state index in [-0.39, 0.29) is 12.6 Å². The van der Waals surface area contributed by atoms with Crippen molar-refractivity contribution in [1.29, 1.82) is 0 Å². The zero-order valence-corrected chi connectivity index (χ0v) is 12.3. The minimum atomic E-state index is -4.77. The van der Waals surface area contributed by atoms with Crippen molar-refractivity contribution in [3.63, 3.8) is 0 Å². The highest BCUT2D eigenvalue weighted by Crippen LogP contribution is 2.32. The molecule has 0 aliphatic carbocycles. The van der Waals surface area contributed by atoms with Crippen molar-refractivity contribution in [2.24, 2.45) is 0 Å². The average Bonchev–Trinajstić information content (AvgIpc) is 2.42. The fourth-order valence-electron chi connectivity index (χ4n) is 1.54. The lowest BCUT2D eigenvalue weighted by Crippen LogP contribution is -2.38. The van der Waals surface area contributed by atoms with Gasteiger partial charge in [0.1, 0.15) is 0 Å². The van der Waals surface area contributed by atoms with E-state index in [4.69, 9.17) is 0 Å². The molecule has 1 aromatic carbocycles.